The quantitative estimate of drug-likeness (QED) is 0.282. The van der Waals surface area contributed by atoms with E-state index >= 15 is 0 Å². The molecule has 45 heavy (non-hydrogen) atoms. The minimum Gasteiger partial charge on any atom is -0.457 e. The van der Waals surface area contributed by atoms with E-state index in [0.29, 0.717) is 28.6 Å². The maximum absolute atomic E-state index is 9.67. The van der Waals surface area contributed by atoms with Crippen LogP contribution in [0.1, 0.15) is 52.7 Å². The van der Waals surface area contributed by atoms with Crippen molar-refractivity contribution in [2.24, 2.45) is 0 Å². The number of benzene rings is 2. The molecule has 0 bridgehead atoms. The summed E-state index contributed by atoms with van der Waals surface area (Å²) in [6, 6.07) is 16.5. The molecule has 0 spiro atoms. The third-order valence-corrected chi connectivity index (χ3v) is 8.12. The van der Waals surface area contributed by atoms with E-state index in [1.54, 1.807) is 24.3 Å². The van der Waals surface area contributed by atoms with Crippen LogP contribution in [0.5, 0.6) is 11.5 Å². The van der Waals surface area contributed by atoms with Crippen LogP contribution < -0.4 is 19.3 Å². The normalized spacial score (nSPS) is 16.8. The highest BCUT2D eigenvalue weighted by molar-refractivity contribution is 5.77. The average Bonchev–Trinajstić information content (AvgIpc) is 3.02. The number of rotatable bonds is 8. The fraction of sp³-hybridized carbons (Fsp3) is 0.263. The molecule has 3 heterocycles. The van der Waals surface area contributed by atoms with E-state index in [1.165, 1.54) is 0 Å². The summed E-state index contributed by atoms with van der Waals surface area (Å²) in [7, 11) is 0. The average molecular weight is 599 g/mol. The fourth-order valence-corrected chi connectivity index (χ4v) is 5.72. The van der Waals surface area contributed by atoms with Gasteiger partial charge >= 0.3 is 0 Å². The number of nitriles is 2. The largest absolute Gasteiger partial charge is 0.457 e. The van der Waals surface area contributed by atoms with Gasteiger partial charge in [0.25, 0.3) is 0 Å². The van der Waals surface area contributed by atoms with E-state index in [1.807, 2.05) is 38.1 Å². The summed E-state index contributed by atoms with van der Waals surface area (Å²) in [5.41, 5.74) is 6.82. The van der Waals surface area contributed by atoms with Gasteiger partial charge in [-0.3, -0.25) is 0 Å². The molecule has 0 aliphatic carbocycles. The van der Waals surface area contributed by atoms with Crippen molar-refractivity contribution in [3.05, 3.63) is 118 Å². The van der Waals surface area contributed by atoms with Crippen LogP contribution in [0.4, 0.5) is 11.4 Å². The predicted octanol–water partition coefficient (Wildman–Crippen LogP) is 8.58. The third kappa shape index (κ3) is 6.59. The van der Waals surface area contributed by atoms with Crippen molar-refractivity contribution >= 4 is 22.5 Å². The summed E-state index contributed by atoms with van der Waals surface area (Å²) >= 11 is 0. The Bertz CT molecular complexity index is 1680. The molecule has 0 unspecified atom stereocenters. The fourth-order valence-electron chi connectivity index (χ4n) is 5.72. The van der Waals surface area contributed by atoms with E-state index in [-0.39, 0.29) is 5.57 Å². The van der Waals surface area contributed by atoms with Gasteiger partial charge in [-0.1, -0.05) is 0 Å². The number of nitrogens with zero attached hydrogens (tertiary/aromatic N) is 4. The topological polar surface area (TPSA) is 81.8 Å². The highest BCUT2D eigenvalue weighted by Gasteiger charge is 2.21. The zero-order valence-electron chi connectivity index (χ0n) is 26.8. The van der Waals surface area contributed by atoms with Gasteiger partial charge in [0.2, 0.25) is 0 Å². The third-order valence-electron chi connectivity index (χ3n) is 8.12. The molecular weight excluding hydrogens is 560 g/mol. The Morgan fingerprint density at radius 3 is 1.44 bits per heavy atom. The lowest BCUT2D eigenvalue weighted by Gasteiger charge is -2.25. The van der Waals surface area contributed by atoms with Gasteiger partial charge < -0.3 is 24.0 Å². The summed E-state index contributed by atoms with van der Waals surface area (Å²) in [5.74, 6) is 3.59. The zero-order valence-corrected chi connectivity index (χ0v) is 26.8. The molecule has 0 saturated carbocycles. The highest BCUT2D eigenvalue weighted by atomic mass is 16.5. The molecule has 3 aliphatic heterocycles. The number of fused-ring (bicyclic) bond motifs is 2. The number of allylic oxidation sites excluding steroid dienone is 10. The molecule has 0 aromatic heterocycles. The molecule has 0 saturated heterocycles. The molecule has 2 aromatic rings. The van der Waals surface area contributed by atoms with Gasteiger partial charge in [0.15, 0.2) is 0 Å². The molecule has 2 aromatic carbocycles. The van der Waals surface area contributed by atoms with E-state index in [9.17, 15) is 10.5 Å². The molecular formula is C38H38N4O3. The molecule has 0 N–H and O–H groups in total. The van der Waals surface area contributed by atoms with Crippen LogP contribution in [0.3, 0.4) is 0 Å². The summed E-state index contributed by atoms with van der Waals surface area (Å²) < 4.78 is 19.0. The van der Waals surface area contributed by atoms with Crippen molar-refractivity contribution in [2.75, 3.05) is 36.0 Å². The van der Waals surface area contributed by atoms with Gasteiger partial charge in [-0.2, -0.15) is 10.5 Å². The monoisotopic (exact) mass is 598 g/mol. The summed E-state index contributed by atoms with van der Waals surface area (Å²) in [6.07, 6.45) is 10.8. The van der Waals surface area contributed by atoms with E-state index in [2.05, 4.69) is 73.9 Å². The van der Waals surface area contributed by atoms with E-state index < -0.39 is 0 Å². The SMILES string of the molecule is CCN(CC)c1ccc2c(c1)O/C(=C\C1=CC(=C(C#N)C#N)C=C(/C=C3\C=C(C)c4ccc(N(CC)CC)cc4O3)O1)C=C2C. The zero-order chi connectivity index (χ0) is 32.1. The number of hydrogen-bond donors (Lipinski definition) is 0. The smallest absolute Gasteiger partial charge is 0.137 e. The molecule has 7 heteroatoms. The molecule has 0 atom stereocenters. The van der Waals surface area contributed by atoms with Gasteiger partial charge in [-0.15, -0.1) is 0 Å². The van der Waals surface area contributed by atoms with Crippen molar-refractivity contribution < 1.29 is 14.2 Å². The number of anilines is 2. The minimum atomic E-state index is -0.0129. The molecule has 0 amide bonds. The van der Waals surface area contributed by atoms with Gasteiger partial charge in [-0.25, -0.2) is 0 Å². The van der Waals surface area contributed by atoms with Crippen LogP contribution in [-0.2, 0) is 4.74 Å². The minimum absolute atomic E-state index is 0.0129. The summed E-state index contributed by atoms with van der Waals surface area (Å²) in [4.78, 5) is 4.54. The first kappa shape index (κ1) is 31.0. The number of hydrogen-bond acceptors (Lipinski definition) is 7. The molecule has 0 radical (unpaired) electrons. The molecule has 3 aliphatic rings. The van der Waals surface area contributed by atoms with Crippen LogP contribution in [0.2, 0.25) is 0 Å². The van der Waals surface area contributed by atoms with Crippen molar-refractivity contribution in [3.63, 3.8) is 0 Å². The van der Waals surface area contributed by atoms with Crippen LogP contribution in [0, 0.1) is 22.7 Å². The maximum atomic E-state index is 9.67. The van der Waals surface area contributed by atoms with Crippen molar-refractivity contribution in [2.45, 2.75) is 41.5 Å². The Hall–Kier alpha value is -5.40. The molecule has 0 fully saturated rings. The van der Waals surface area contributed by atoms with Crippen molar-refractivity contribution in [3.8, 4) is 23.6 Å². The second kappa shape index (κ2) is 13.5. The van der Waals surface area contributed by atoms with Gasteiger partial charge in [0.05, 0.1) is 0 Å². The Labute approximate surface area is 266 Å². The van der Waals surface area contributed by atoms with Gasteiger partial charge in [-0.05, 0) is 101 Å². The van der Waals surface area contributed by atoms with Gasteiger partial charge in [0, 0.05) is 78.5 Å². The Kier molecular flexibility index (Phi) is 9.31. The summed E-state index contributed by atoms with van der Waals surface area (Å²) in [5, 5.41) is 19.3. The van der Waals surface area contributed by atoms with Crippen LogP contribution in [0.25, 0.3) is 11.1 Å². The predicted molar refractivity (Wildman–Crippen MR) is 180 cm³/mol. The lowest BCUT2D eigenvalue weighted by molar-refractivity contribution is 0.322. The Morgan fingerprint density at radius 2 is 1.07 bits per heavy atom. The second-order valence-electron chi connectivity index (χ2n) is 10.9. The molecule has 5 rings (SSSR count). The van der Waals surface area contributed by atoms with Crippen molar-refractivity contribution in [1.29, 1.82) is 10.5 Å². The van der Waals surface area contributed by atoms with Crippen LogP contribution in [-0.4, -0.2) is 26.2 Å². The van der Waals surface area contributed by atoms with E-state index in [4.69, 9.17) is 14.2 Å². The lowest BCUT2D eigenvalue weighted by Crippen LogP contribution is -2.21. The van der Waals surface area contributed by atoms with Crippen LogP contribution >= 0.6 is 0 Å². The van der Waals surface area contributed by atoms with Crippen molar-refractivity contribution in [1.82, 2.24) is 0 Å². The Balaban J connectivity index is 1.47. The number of ether oxygens (including phenoxy) is 3. The Morgan fingerprint density at radius 1 is 0.644 bits per heavy atom. The first-order valence-corrected chi connectivity index (χ1v) is 15.4. The summed E-state index contributed by atoms with van der Waals surface area (Å²) in [6.45, 7) is 16.2. The lowest BCUT2D eigenvalue weighted by atomic mass is 10.0. The second-order valence-corrected chi connectivity index (χ2v) is 10.9. The molecule has 228 valence electrons. The standard InChI is InChI=1S/C38H38N4O3/c1-7-41(8-2)29-11-13-35-25(5)15-31(44-37(35)19-29)21-33-17-27(28(23-39)24-40)18-34(43-33)22-32-16-26(6)36-14-12-30(20-38(36)45-32)42(9-3)10-4/h11-22H,7-10H2,1-6H3/b31-21-,32-22+. The first-order valence-electron chi connectivity index (χ1n) is 15.4. The van der Waals surface area contributed by atoms with E-state index in [0.717, 1.165) is 71.3 Å². The maximum Gasteiger partial charge on any atom is 0.137 e. The highest BCUT2D eigenvalue weighted by Crippen LogP contribution is 2.39. The van der Waals surface area contributed by atoms with Gasteiger partial charge in [0.1, 0.15) is 52.2 Å². The van der Waals surface area contributed by atoms with Crippen LogP contribution in [0.15, 0.2) is 107 Å². The first-order chi connectivity index (χ1) is 21.8. The molecule has 7 nitrogen and oxygen atoms in total.